The van der Waals surface area contributed by atoms with E-state index >= 15 is 0 Å². The Bertz CT molecular complexity index is 753. The van der Waals surface area contributed by atoms with Crippen LogP contribution < -0.4 is 4.31 Å². The normalized spacial score (nSPS) is 18.4. The minimum atomic E-state index is -3.57. The molecule has 106 valence electrons. The average molecular weight is 393 g/mol. The van der Waals surface area contributed by atoms with Crippen LogP contribution in [0.1, 0.15) is 12.5 Å². The summed E-state index contributed by atoms with van der Waals surface area (Å²) < 4.78 is 28.1. The standard InChI is InChI=1S/C13H11BrClNO2S2/c1-8-6-9-4-2-3-5-11(9)16(8)20(17,18)12-7-10(15)13(14)19-12/h2-5,7-8H,6H2,1H3. The van der Waals surface area contributed by atoms with Gasteiger partial charge in [-0.2, -0.15) is 0 Å². The molecule has 1 aliphatic rings. The summed E-state index contributed by atoms with van der Waals surface area (Å²) in [5.74, 6) is 0. The predicted octanol–water partition coefficient (Wildman–Crippen LogP) is 4.30. The van der Waals surface area contributed by atoms with E-state index in [1.54, 1.807) is 0 Å². The third-order valence-electron chi connectivity index (χ3n) is 3.28. The predicted molar refractivity (Wildman–Crippen MR) is 86.3 cm³/mol. The molecule has 0 amide bonds. The molecular weight excluding hydrogens is 382 g/mol. The van der Waals surface area contributed by atoms with Crippen LogP contribution in [0, 0.1) is 0 Å². The number of thiophene rings is 1. The summed E-state index contributed by atoms with van der Waals surface area (Å²) in [5, 5.41) is 0.425. The lowest BCUT2D eigenvalue weighted by Crippen LogP contribution is -2.35. The first-order valence-corrected chi connectivity index (χ1v) is 9.41. The molecule has 0 saturated carbocycles. The number of anilines is 1. The summed E-state index contributed by atoms with van der Waals surface area (Å²) >= 11 is 10.4. The quantitative estimate of drug-likeness (QED) is 0.764. The maximum absolute atomic E-state index is 12.8. The second kappa shape index (κ2) is 5.02. The Morgan fingerprint density at radius 3 is 2.75 bits per heavy atom. The lowest BCUT2D eigenvalue weighted by Gasteiger charge is -2.23. The minimum Gasteiger partial charge on any atom is -0.262 e. The van der Waals surface area contributed by atoms with Crippen molar-refractivity contribution in [3.05, 3.63) is 44.7 Å². The third kappa shape index (κ3) is 2.19. The van der Waals surface area contributed by atoms with Crippen LogP contribution in [0.3, 0.4) is 0 Å². The molecule has 1 unspecified atom stereocenters. The molecule has 0 fully saturated rings. The zero-order valence-electron chi connectivity index (χ0n) is 10.5. The molecule has 20 heavy (non-hydrogen) atoms. The second-order valence-corrected chi connectivity index (χ2v) is 9.49. The fourth-order valence-electron chi connectivity index (χ4n) is 2.45. The fraction of sp³-hybridized carbons (Fsp3) is 0.231. The molecule has 0 saturated heterocycles. The van der Waals surface area contributed by atoms with Crippen molar-refractivity contribution in [2.24, 2.45) is 0 Å². The summed E-state index contributed by atoms with van der Waals surface area (Å²) in [5.41, 5.74) is 1.82. The van der Waals surface area contributed by atoms with Crippen molar-refractivity contribution in [1.82, 2.24) is 0 Å². The molecule has 1 aromatic heterocycles. The molecule has 2 aromatic rings. The number of fused-ring (bicyclic) bond motifs is 1. The third-order valence-corrected chi connectivity index (χ3v) is 8.13. The monoisotopic (exact) mass is 391 g/mol. The van der Waals surface area contributed by atoms with Crippen molar-refractivity contribution in [2.45, 2.75) is 23.6 Å². The van der Waals surface area contributed by atoms with E-state index in [1.807, 2.05) is 31.2 Å². The Balaban J connectivity index is 2.12. The van der Waals surface area contributed by atoms with Gasteiger partial charge in [-0.05, 0) is 47.0 Å². The lowest BCUT2D eigenvalue weighted by molar-refractivity contribution is 0.586. The maximum atomic E-state index is 12.8. The fourth-order valence-corrected chi connectivity index (χ4v) is 6.64. The zero-order valence-corrected chi connectivity index (χ0v) is 14.5. The maximum Gasteiger partial charge on any atom is 0.274 e. The van der Waals surface area contributed by atoms with Crippen LogP contribution in [0.4, 0.5) is 5.69 Å². The number of halogens is 2. The van der Waals surface area contributed by atoms with Gasteiger partial charge in [-0.1, -0.05) is 29.8 Å². The zero-order chi connectivity index (χ0) is 14.5. The number of hydrogen-bond donors (Lipinski definition) is 0. The smallest absolute Gasteiger partial charge is 0.262 e. The number of rotatable bonds is 2. The van der Waals surface area contributed by atoms with Gasteiger partial charge in [-0.3, -0.25) is 4.31 Å². The molecule has 2 heterocycles. The van der Waals surface area contributed by atoms with E-state index in [0.717, 1.165) is 29.0 Å². The van der Waals surface area contributed by atoms with E-state index in [4.69, 9.17) is 11.6 Å². The van der Waals surface area contributed by atoms with Gasteiger partial charge in [0.2, 0.25) is 0 Å². The van der Waals surface area contributed by atoms with Gasteiger partial charge in [0, 0.05) is 6.04 Å². The largest absolute Gasteiger partial charge is 0.274 e. The highest BCUT2D eigenvalue weighted by Crippen LogP contribution is 2.41. The van der Waals surface area contributed by atoms with E-state index in [9.17, 15) is 8.42 Å². The summed E-state index contributed by atoms with van der Waals surface area (Å²) in [4.78, 5) is 0. The Morgan fingerprint density at radius 1 is 1.40 bits per heavy atom. The Hall–Kier alpha value is -0.560. The molecule has 0 spiro atoms. The number of sulfonamides is 1. The lowest BCUT2D eigenvalue weighted by atomic mass is 10.1. The first-order chi connectivity index (χ1) is 9.41. The van der Waals surface area contributed by atoms with Crippen LogP contribution in [-0.4, -0.2) is 14.5 Å². The van der Waals surface area contributed by atoms with Crippen molar-refractivity contribution >= 4 is 54.6 Å². The van der Waals surface area contributed by atoms with Gasteiger partial charge in [0.05, 0.1) is 14.5 Å². The van der Waals surface area contributed by atoms with Crippen LogP contribution in [0.2, 0.25) is 5.02 Å². The summed E-state index contributed by atoms with van der Waals surface area (Å²) in [6, 6.07) is 9.02. The Labute approximate surface area is 135 Å². The molecule has 0 aliphatic carbocycles. The van der Waals surface area contributed by atoms with Gasteiger partial charge >= 0.3 is 0 Å². The van der Waals surface area contributed by atoms with Gasteiger partial charge in [-0.15, -0.1) is 11.3 Å². The van der Waals surface area contributed by atoms with Crippen LogP contribution in [0.15, 0.2) is 38.3 Å². The van der Waals surface area contributed by atoms with Crippen molar-refractivity contribution < 1.29 is 8.42 Å². The van der Waals surface area contributed by atoms with E-state index < -0.39 is 10.0 Å². The van der Waals surface area contributed by atoms with E-state index in [-0.39, 0.29) is 10.3 Å². The number of hydrogen-bond acceptors (Lipinski definition) is 3. The van der Waals surface area contributed by atoms with Gasteiger partial charge < -0.3 is 0 Å². The first kappa shape index (κ1) is 14.4. The van der Waals surface area contributed by atoms with Gasteiger partial charge in [0.1, 0.15) is 4.21 Å². The van der Waals surface area contributed by atoms with Gasteiger partial charge in [0.25, 0.3) is 10.0 Å². The topological polar surface area (TPSA) is 37.4 Å². The van der Waals surface area contributed by atoms with Gasteiger partial charge in [0.15, 0.2) is 0 Å². The Morgan fingerprint density at radius 2 is 2.10 bits per heavy atom. The molecule has 0 N–H and O–H groups in total. The number of nitrogens with zero attached hydrogens (tertiary/aromatic N) is 1. The first-order valence-electron chi connectivity index (χ1n) is 5.98. The van der Waals surface area contributed by atoms with Crippen LogP contribution in [0.25, 0.3) is 0 Å². The molecule has 7 heteroatoms. The molecule has 1 atom stereocenters. The van der Waals surface area contributed by atoms with Crippen molar-refractivity contribution in [2.75, 3.05) is 4.31 Å². The second-order valence-electron chi connectivity index (χ2n) is 4.67. The van der Waals surface area contributed by atoms with Crippen molar-refractivity contribution in [3.8, 4) is 0 Å². The van der Waals surface area contributed by atoms with Gasteiger partial charge in [-0.25, -0.2) is 8.42 Å². The summed E-state index contributed by atoms with van der Waals surface area (Å²) in [6.45, 7) is 1.92. The highest BCUT2D eigenvalue weighted by molar-refractivity contribution is 9.11. The SMILES string of the molecule is CC1Cc2ccccc2N1S(=O)(=O)c1cc(Cl)c(Br)s1. The molecule has 0 radical (unpaired) electrons. The van der Waals surface area contributed by atoms with Crippen LogP contribution in [0.5, 0.6) is 0 Å². The summed E-state index contributed by atoms with van der Waals surface area (Å²) in [6.07, 6.45) is 0.732. The van der Waals surface area contributed by atoms with Crippen molar-refractivity contribution in [1.29, 1.82) is 0 Å². The highest BCUT2D eigenvalue weighted by atomic mass is 79.9. The minimum absolute atomic E-state index is 0.0861. The average Bonchev–Trinajstić information content (AvgIpc) is 2.90. The molecule has 3 nitrogen and oxygen atoms in total. The highest BCUT2D eigenvalue weighted by Gasteiger charge is 2.36. The van der Waals surface area contributed by atoms with E-state index in [2.05, 4.69) is 15.9 Å². The van der Waals surface area contributed by atoms with E-state index in [1.165, 1.54) is 10.4 Å². The van der Waals surface area contributed by atoms with Crippen LogP contribution in [-0.2, 0) is 16.4 Å². The summed E-state index contributed by atoms with van der Waals surface area (Å²) in [7, 11) is -3.57. The van der Waals surface area contributed by atoms with Crippen LogP contribution >= 0.6 is 38.9 Å². The molecule has 0 bridgehead atoms. The molecule has 3 rings (SSSR count). The van der Waals surface area contributed by atoms with E-state index in [0.29, 0.717) is 8.81 Å². The molecule has 1 aromatic carbocycles. The molecule has 1 aliphatic heterocycles. The number of benzene rings is 1. The van der Waals surface area contributed by atoms with Crippen molar-refractivity contribution in [3.63, 3.8) is 0 Å². The Kier molecular flexibility index (Phi) is 3.61. The number of para-hydroxylation sites is 1. The molecular formula is C13H11BrClNO2S2.